The van der Waals surface area contributed by atoms with Crippen LogP contribution < -0.4 is 10.6 Å². The van der Waals surface area contributed by atoms with Gasteiger partial charge in [0.1, 0.15) is 12.4 Å². The lowest BCUT2D eigenvalue weighted by Gasteiger charge is -2.17. The van der Waals surface area contributed by atoms with Crippen molar-refractivity contribution < 1.29 is 4.79 Å². The maximum absolute atomic E-state index is 12.3. The molecule has 2 aromatic rings. The molecule has 1 saturated heterocycles. The molecule has 0 saturated carbocycles. The van der Waals surface area contributed by atoms with E-state index in [1.54, 1.807) is 11.3 Å². The Kier molecular flexibility index (Phi) is 8.48. The second kappa shape index (κ2) is 10.6. The van der Waals surface area contributed by atoms with Crippen molar-refractivity contribution in [1.29, 1.82) is 0 Å². The summed E-state index contributed by atoms with van der Waals surface area (Å²) in [5.41, 5.74) is 0. The monoisotopic (exact) mass is 503 g/mol. The Labute approximate surface area is 180 Å². The number of amides is 1. The fourth-order valence-electron chi connectivity index (χ4n) is 2.73. The molecule has 0 aromatic carbocycles. The Morgan fingerprint density at radius 3 is 2.70 bits per heavy atom. The van der Waals surface area contributed by atoms with E-state index in [-0.39, 0.29) is 36.4 Å². The molecule has 148 valence electrons. The van der Waals surface area contributed by atoms with Gasteiger partial charge >= 0.3 is 0 Å². The van der Waals surface area contributed by atoms with Gasteiger partial charge in [-0.1, -0.05) is 6.07 Å². The summed E-state index contributed by atoms with van der Waals surface area (Å²) in [6.45, 7) is 4.92. The lowest BCUT2D eigenvalue weighted by Crippen LogP contribution is -2.43. The number of guanidine groups is 1. The Morgan fingerprint density at radius 2 is 2.07 bits per heavy atom. The molecule has 27 heavy (non-hydrogen) atoms. The predicted octanol–water partition coefficient (Wildman–Crippen LogP) is 1.66. The van der Waals surface area contributed by atoms with Gasteiger partial charge in [0.25, 0.3) is 0 Å². The molecule has 1 aliphatic heterocycles. The summed E-state index contributed by atoms with van der Waals surface area (Å²) in [6, 6.07) is 4.09. The number of hydrogen-bond acceptors (Lipinski definition) is 5. The van der Waals surface area contributed by atoms with Crippen LogP contribution in [0.4, 0.5) is 0 Å². The van der Waals surface area contributed by atoms with Crippen LogP contribution in [0.2, 0.25) is 0 Å². The van der Waals surface area contributed by atoms with E-state index in [2.05, 4.69) is 31.9 Å². The largest absolute Gasteiger partial charge is 0.351 e. The Bertz CT molecular complexity index is 753. The molecule has 1 aliphatic rings. The molecular weight excluding hydrogens is 477 g/mol. The summed E-state index contributed by atoms with van der Waals surface area (Å²) in [7, 11) is 1.92. The highest BCUT2D eigenvalue weighted by molar-refractivity contribution is 14.0. The fourth-order valence-corrected chi connectivity index (χ4v) is 3.38. The molecule has 3 heterocycles. The van der Waals surface area contributed by atoms with Crippen molar-refractivity contribution in [2.45, 2.75) is 32.9 Å². The van der Waals surface area contributed by atoms with Gasteiger partial charge in [-0.3, -0.25) is 4.79 Å². The van der Waals surface area contributed by atoms with E-state index in [1.807, 2.05) is 34.9 Å². The zero-order chi connectivity index (χ0) is 18.4. The molecule has 3 rings (SSSR count). The summed E-state index contributed by atoms with van der Waals surface area (Å²) in [5.74, 6) is 2.35. The number of nitrogens with zero attached hydrogens (tertiary/aromatic N) is 5. The highest BCUT2D eigenvalue weighted by Crippen LogP contribution is 2.08. The Morgan fingerprint density at radius 1 is 1.30 bits per heavy atom. The van der Waals surface area contributed by atoms with E-state index in [0.29, 0.717) is 19.0 Å². The van der Waals surface area contributed by atoms with Crippen molar-refractivity contribution in [3.8, 4) is 0 Å². The lowest BCUT2D eigenvalue weighted by atomic mass is 10.4. The highest BCUT2D eigenvalue weighted by atomic mass is 127. The molecule has 1 amide bonds. The van der Waals surface area contributed by atoms with Gasteiger partial charge in [0, 0.05) is 25.0 Å². The van der Waals surface area contributed by atoms with E-state index in [1.165, 1.54) is 4.88 Å². The predicted molar refractivity (Wildman–Crippen MR) is 117 cm³/mol. The van der Waals surface area contributed by atoms with Crippen molar-refractivity contribution in [3.63, 3.8) is 0 Å². The molecule has 0 bridgehead atoms. The van der Waals surface area contributed by atoms with Crippen LogP contribution in [0.1, 0.15) is 29.4 Å². The minimum absolute atomic E-state index is 0. The van der Waals surface area contributed by atoms with Crippen LogP contribution in [0.25, 0.3) is 0 Å². The first-order chi connectivity index (χ1) is 12.6. The van der Waals surface area contributed by atoms with E-state index in [0.717, 1.165) is 37.6 Å². The number of halogens is 1. The van der Waals surface area contributed by atoms with Gasteiger partial charge in [-0.2, -0.15) is 0 Å². The molecule has 0 spiro atoms. The molecule has 10 heteroatoms. The molecule has 0 unspecified atom stereocenters. The maximum atomic E-state index is 12.3. The first-order valence-corrected chi connectivity index (χ1v) is 9.68. The minimum atomic E-state index is 0. The van der Waals surface area contributed by atoms with Gasteiger partial charge in [-0.15, -0.1) is 45.5 Å². The third kappa shape index (κ3) is 6.16. The minimum Gasteiger partial charge on any atom is -0.351 e. The number of carbonyl (C=O) groups is 1. The smallest absolute Gasteiger partial charge is 0.241 e. The van der Waals surface area contributed by atoms with Gasteiger partial charge in [0.05, 0.1) is 13.1 Å². The number of aromatic nitrogens is 3. The van der Waals surface area contributed by atoms with Gasteiger partial charge in [-0.25, -0.2) is 4.99 Å². The quantitative estimate of drug-likeness (QED) is 0.356. The third-order valence-corrected chi connectivity index (χ3v) is 5.31. The number of aliphatic imine (C=N–C) groups is 1. The average Bonchev–Trinajstić information content (AvgIpc) is 3.39. The number of rotatable bonds is 6. The fraction of sp³-hybridized carbons (Fsp3) is 0.529. The third-order valence-electron chi connectivity index (χ3n) is 4.44. The zero-order valence-corrected chi connectivity index (χ0v) is 18.8. The van der Waals surface area contributed by atoms with Crippen LogP contribution in [0.3, 0.4) is 0 Å². The molecule has 0 atom stereocenters. The second-order valence-corrected chi connectivity index (χ2v) is 7.29. The lowest BCUT2D eigenvalue weighted by molar-refractivity contribution is -0.128. The molecule has 2 N–H and O–H groups in total. The Balaban J connectivity index is 0.00000261. The van der Waals surface area contributed by atoms with E-state index < -0.39 is 0 Å². The van der Waals surface area contributed by atoms with E-state index >= 15 is 0 Å². The zero-order valence-electron chi connectivity index (χ0n) is 15.6. The number of carbonyl (C=O) groups excluding carboxylic acids is 1. The van der Waals surface area contributed by atoms with Crippen molar-refractivity contribution in [3.05, 3.63) is 34.0 Å². The number of aryl methyl sites for hydroxylation is 1. The van der Waals surface area contributed by atoms with Crippen LogP contribution in [-0.2, 0) is 24.9 Å². The van der Waals surface area contributed by atoms with Gasteiger partial charge in [0.15, 0.2) is 11.8 Å². The first-order valence-electron chi connectivity index (χ1n) is 8.80. The number of likely N-dealkylation sites (tertiary alicyclic amines) is 1. The molecule has 8 nitrogen and oxygen atoms in total. The first kappa shape index (κ1) is 21.6. The molecular formula is C17H26IN7OS. The molecule has 1 fully saturated rings. The summed E-state index contributed by atoms with van der Waals surface area (Å²) in [5, 5.41) is 16.7. The number of thiophene rings is 1. The van der Waals surface area contributed by atoms with Gasteiger partial charge < -0.3 is 20.1 Å². The van der Waals surface area contributed by atoms with Crippen LogP contribution in [-0.4, -0.2) is 51.2 Å². The van der Waals surface area contributed by atoms with Crippen molar-refractivity contribution >= 4 is 47.2 Å². The SMILES string of the molecule is Cc1nnc(CN=C(NCC(=O)N2CCCC2)NCc2cccs2)n1C.I. The topological polar surface area (TPSA) is 87.4 Å². The van der Waals surface area contributed by atoms with E-state index in [9.17, 15) is 4.79 Å². The number of nitrogens with one attached hydrogen (secondary N) is 2. The van der Waals surface area contributed by atoms with E-state index in [4.69, 9.17) is 0 Å². The maximum Gasteiger partial charge on any atom is 0.241 e. The van der Waals surface area contributed by atoms with Crippen molar-refractivity contribution in [2.24, 2.45) is 12.0 Å². The summed E-state index contributed by atoms with van der Waals surface area (Å²) in [4.78, 5) is 19.9. The highest BCUT2D eigenvalue weighted by Gasteiger charge is 2.17. The standard InChI is InChI=1S/C17H25N7OS.HI/c1-13-21-22-15(23(13)2)11-19-17(18-10-14-6-5-9-26-14)20-12-16(25)24-7-3-4-8-24;/h5-6,9H,3-4,7-8,10-12H2,1-2H3,(H2,18,19,20);1H. The van der Waals surface area contributed by atoms with Gasteiger partial charge in [-0.05, 0) is 31.2 Å². The van der Waals surface area contributed by atoms with Gasteiger partial charge in [0.2, 0.25) is 5.91 Å². The average molecular weight is 503 g/mol. The summed E-state index contributed by atoms with van der Waals surface area (Å²) in [6.07, 6.45) is 2.18. The summed E-state index contributed by atoms with van der Waals surface area (Å²) < 4.78 is 1.91. The van der Waals surface area contributed by atoms with Crippen LogP contribution >= 0.6 is 35.3 Å². The molecule has 0 aliphatic carbocycles. The number of hydrogen-bond donors (Lipinski definition) is 2. The normalized spacial score (nSPS) is 14.1. The van der Waals surface area contributed by atoms with Crippen molar-refractivity contribution in [1.82, 2.24) is 30.3 Å². The van der Waals surface area contributed by atoms with Crippen molar-refractivity contribution in [2.75, 3.05) is 19.6 Å². The summed E-state index contributed by atoms with van der Waals surface area (Å²) >= 11 is 1.68. The van der Waals surface area contributed by atoms with Crippen LogP contribution in [0.15, 0.2) is 22.5 Å². The molecule has 2 aromatic heterocycles. The van der Waals surface area contributed by atoms with Crippen LogP contribution in [0, 0.1) is 6.92 Å². The Hall–Kier alpha value is -1.69. The van der Waals surface area contributed by atoms with Crippen LogP contribution in [0.5, 0.6) is 0 Å². The second-order valence-electron chi connectivity index (χ2n) is 6.26. The molecule has 0 radical (unpaired) electrons.